The van der Waals surface area contributed by atoms with Gasteiger partial charge in [0.25, 0.3) is 11.8 Å². The van der Waals surface area contributed by atoms with Crippen LogP contribution in [0.2, 0.25) is 0 Å². The van der Waals surface area contributed by atoms with E-state index in [2.05, 4.69) is 15.6 Å². The first kappa shape index (κ1) is 23.7. The summed E-state index contributed by atoms with van der Waals surface area (Å²) in [5, 5.41) is 5.45. The molecule has 2 aliphatic carbocycles. The zero-order valence-electron chi connectivity index (χ0n) is 18.9. The van der Waals surface area contributed by atoms with Gasteiger partial charge in [-0.15, -0.1) is 0 Å². The first-order chi connectivity index (χ1) is 15.4. The first-order valence-corrected chi connectivity index (χ1v) is 11.5. The number of pyridine rings is 1. The van der Waals surface area contributed by atoms with E-state index in [-0.39, 0.29) is 23.2 Å². The molecule has 0 atom stereocenters. The second kappa shape index (κ2) is 11.1. The summed E-state index contributed by atoms with van der Waals surface area (Å²) in [5.41, 5.74) is 0.0694. The number of hydrogen-bond acceptors (Lipinski definition) is 5. The zero-order valence-corrected chi connectivity index (χ0v) is 18.9. The molecule has 2 saturated carbocycles. The summed E-state index contributed by atoms with van der Waals surface area (Å²) in [6.45, 7) is 0. The van der Waals surface area contributed by atoms with Crippen LogP contribution in [-0.2, 0) is 0 Å². The molecular weight excluding hydrogens is 410 g/mol. The summed E-state index contributed by atoms with van der Waals surface area (Å²) in [7, 11) is 2.76. The number of amides is 6. The highest BCUT2D eigenvalue weighted by molar-refractivity contribution is 6.13. The van der Waals surface area contributed by atoms with E-state index in [1.807, 2.05) is 0 Å². The predicted octanol–water partition coefficient (Wildman–Crippen LogP) is 3.31. The number of aromatic nitrogens is 1. The molecule has 32 heavy (non-hydrogen) atoms. The van der Waals surface area contributed by atoms with Crippen LogP contribution in [0, 0.1) is 0 Å². The molecule has 0 unspecified atom stereocenters. The number of nitrogens with zero attached hydrogens (tertiary/aromatic N) is 3. The van der Waals surface area contributed by atoms with Gasteiger partial charge in [0, 0.05) is 38.6 Å². The molecule has 0 bridgehead atoms. The fourth-order valence-electron chi connectivity index (χ4n) is 4.58. The Morgan fingerprint density at radius 3 is 2.12 bits per heavy atom. The minimum atomic E-state index is -0.633. The van der Waals surface area contributed by atoms with Crippen molar-refractivity contribution < 1.29 is 19.2 Å². The highest BCUT2D eigenvalue weighted by atomic mass is 16.2. The minimum absolute atomic E-state index is 0.0256. The van der Waals surface area contributed by atoms with Crippen LogP contribution < -0.4 is 10.6 Å². The highest BCUT2D eigenvalue weighted by Crippen LogP contribution is 2.26. The largest absolute Gasteiger partial charge is 0.341 e. The summed E-state index contributed by atoms with van der Waals surface area (Å²) in [6.07, 6.45) is 12.3. The lowest BCUT2D eigenvalue weighted by Crippen LogP contribution is -2.53. The number of imide groups is 2. The molecule has 1 aromatic heterocycles. The van der Waals surface area contributed by atoms with Crippen molar-refractivity contribution in [2.45, 2.75) is 76.3 Å². The van der Waals surface area contributed by atoms with E-state index in [1.165, 1.54) is 37.5 Å². The lowest BCUT2D eigenvalue weighted by atomic mass is 9.93. The Bertz CT molecular complexity index is 847. The molecule has 174 valence electrons. The Balaban J connectivity index is 1.89. The van der Waals surface area contributed by atoms with Crippen LogP contribution in [0.15, 0.2) is 18.5 Å². The van der Waals surface area contributed by atoms with Crippen molar-refractivity contribution in [3.05, 3.63) is 29.6 Å². The van der Waals surface area contributed by atoms with Gasteiger partial charge in [-0.1, -0.05) is 38.5 Å². The summed E-state index contributed by atoms with van der Waals surface area (Å²) in [5.74, 6) is -1.18. The van der Waals surface area contributed by atoms with Gasteiger partial charge in [0.15, 0.2) is 0 Å². The van der Waals surface area contributed by atoms with Crippen molar-refractivity contribution >= 4 is 23.9 Å². The number of nitrogens with one attached hydrogen (secondary N) is 2. The van der Waals surface area contributed by atoms with Crippen molar-refractivity contribution in [1.82, 2.24) is 25.4 Å². The number of hydrogen-bond donors (Lipinski definition) is 2. The molecule has 9 nitrogen and oxygen atoms in total. The topological polar surface area (TPSA) is 112 Å². The molecule has 0 aromatic carbocycles. The molecule has 0 radical (unpaired) electrons. The lowest BCUT2D eigenvalue weighted by molar-refractivity contribution is 0.0689. The zero-order chi connectivity index (χ0) is 23.1. The van der Waals surface area contributed by atoms with Crippen LogP contribution in [0.1, 0.15) is 84.9 Å². The van der Waals surface area contributed by atoms with Gasteiger partial charge in [-0.3, -0.25) is 24.4 Å². The van der Waals surface area contributed by atoms with E-state index in [1.54, 1.807) is 0 Å². The van der Waals surface area contributed by atoms with Crippen LogP contribution in [0.3, 0.4) is 0 Å². The van der Waals surface area contributed by atoms with Crippen LogP contribution in [0.4, 0.5) is 9.59 Å². The lowest BCUT2D eigenvalue weighted by Gasteiger charge is -2.35. The molecule has 0 aliphatic heterocycles. The maximum atomic E-state index is 13.7. The fourth-order valence-corrected chi connectivity index (χ4v) is 4.58. The molecule has 0 spiro atoms. The van der Waals surface area contributed by atoms with Gasteiger partial charge in [0.1, 0.15) is 0 Å². The molecule has 2 N–H and O–H groups in total. The quantitative estimate of drug-likeness (QED) is 0.741. The maximum Gasteiger partial charge on any atom is 0.324 e. The van der Waals surface area contributed by atoms with Gasteiger partial charge in [0.2, 0.25) is 0 Å². The van der Waals surface area contributed by atoms with E-state index in [0.29, 0.717) is 0 Å². The van der Waals surface area contributed by atoms with Crippen LogP contribution >= 0.6 is 0 Å². The molecule has 9 heteroatoms. The Kier molecular flexibility index (Phi) is 8.19. The molecular formula is C23H33N5O4. The third-order valence-electron chi connectivity index (χ3n) is 6.42. The molecule has 1 heterocycles. The second-order valence-corrected chi connectivity index (χ2v) is 8.59. The van der Waals surface area contributed by atoms with Crippen molar-refractivity contribution in [3.63, 3.8) is 0 Å². The summed E-state index contributed by atoms with van der Waals surface area (Å²) in [6, 6.07) is 0.247. The smallest absolute Gasteiger partial charge is 0.324 e. The number of urea groups is 2. The van der Waals surface area contributed by atoms with E-state index in [0.717, 1.165) is 69.1 Å². The van der Waals surface area contributed by atoms with Gasteiger partial charge in [-0.25, -0.2) is 9.59 Å². The van der Waals surface area contributed by atoms with Crippen molar-refractivity contribution in [2.24, 2.45) is 0 Å². The SMILES string of the molecule is CNC(=O)N(C)C(=O)c1ccncc1C(=O)N(C(=O)NC1CCCCC1)C1CCCCC1. The van der Waals surface area contributed by atoms with Crippen molar-refractivity contribution in [3.8, 4) is 0 Å². The number of carbonyl (C=O) groups is 4. The van der Waals surface area contributed by atoms with Gasteiger partial charge < -0.3 is 10.6 Å². The molecule has 3 rings (SSSR count). The average molecular weight is 444 g/mol. The highest BCUT2D eigenvalue weighted by Gasteiger charge is 2.35. The van der Waals surface area contributed by atoms with Gasteiger partial charge >= 0.3 is 12.1 Å². The predicted molar refractivity (Wildman–Crippen MR) is 119 cm³/mol. The second-order valence-electron chi connectivity index (χ2n) is 8.59. The van der Waals surface area contributed by atoms with E-state index >= 15 is 0 Å². The van der Waals surface area contributed by atoms with Crippen LogP contribution in [0.25, 0.3) is 0 Å². The van der Waals surface area contributed by atoms with E-state index in [9.17, 15) is 19.2 Å². The molecule has 6 amide bonds. The monoisotopic (exact) mass is 443 g/mol. The third-order valence-corrected chi connectivity index (χ3v) is 6.42. The molecule has 0 saturated heterocycles. The van der Waals surface area contributed by atoms with Crippen molar-refractivity contribution in [1.29, 1.82) is 0 Å². The van der Waals surface area contributed by atoms with Crippen molar-refractivity contribution in [2.75, 3.05) is 14.1 Å². The number of carbonyl (C=O) groups excluding carboxylic acids is 4. The Labute approximate surface area is 188 Å². The van der Waals surface area contributed by atoms with Crippen LogP contribution in [0.5, 0.6) is 0 Å². The van der Waals surface area contributed by atoms with Crippen LogP contribution in [-0.4, -0.2) is 64.8 Å². The van der Waals surface area contributed by atoms with Gasteiger partial charge in [-0.2, -0.15) is 0 Å². The first-order valence-electron chi connectivity index (χ1n) is 11.5. The van der Waals surface area contributed by atoms with Gasteiger partial charge in [-0.05, 0) is 31.7 Å². The third kappa shape index (κ3) is 5.44. The Morgan fingerprint density at radius 1 is 0.875 bits per heavy atom. The maximum absolute atomic E-state index is 13.7. The van der Waals surface area contributed by atoms with Gasteiger partial charge in [0.05, 0.1) is 11.1 Å². The molecule has 2 aliphatic rings. The standard InChI is InChI=1S/C23H33N5O4/c1-24-22(31)27(2)20(29)18-13-14-25-15-19(18)21(30)28(17-11-7-4-8-12-17)23(32)26-16-9-5-3-6-10-16/h13-17H,3-12H2,1-2H3,(H,24,31)(H,26,32). The average Bonchev–Trinajstić information content (AvgIpc) is 2.84. The molecule has 1 aromatic rings. The Hall–Kier alpha value is -2.97. The normalized spacial score (nSPS) is 17.3. The summed E-state index contributed by atoms with van der Waals surface area (Å²) >= 11 is 0. The Morgan fingerprint density at radius 2 is 1.50 bits per heavy atom. The minimum Gasteiger partial charge on any atom is -0.341 e. The summed E-state index contributed by atoms with van der Waals surface area (Å²) < 4.78 is 0. The summed E-state index contributed by atoms with van der Waals surface area (Å²) in [4.78, 5) is 58.1. The fraction of sp³-hybridized carbons (Fsp3) is 0.609. The number of rotatable bonds is 4. The van der Waals surface area contributed by atoms with E-state index < -0.39 is 23.9 Å². The molecule has 2 fully saturated rings. The van der Waals surface area contributed by atoms with E-state index in [4.69, 9.17) is 0 Å².